The highest BCUT2D eigenvalue weighted by Crippen LogP contribution is 2.26. The molecule has 3 heteroatoms. The Labute approximate surface area is 105 Å². The number of benzene rings is 2. The fourth-order valence-electron chi connectivity index (χ4n) is 1.86. The lowest BCUT2D eigenvalue weighted by Gasteiger charge is -2.08. The van der Waals surface area contributed by atoms with Gasteiger partial charge in [-0.1, -0.05) is 37.3 Å². The predicted molar refractivity (Wildman–Crippen MR) is 69.9 cm³/mol. The van der Waals surface area contributed by atoms with E-state index in [1.807, 2.05) is 37.3 Å². The molecule has 0 saturated heterocycles. The van der Waals surface area contributed by atoms with Gasteiger partial charge in [-0.05, 0) is 23.3 Å². The van der Waals surface area contributed by atoms with E-state index in [0.29, 0.717) is 17.7 Å². The first-order valence-electron chi connectivity index (χ1n) is 5.94. The first-order chi connectivity index (χ1) is 8.76. The second kappa shape index (κ2) is 5.45. The Bertz CT molecular complexity index is 587. The van der Waals surface area contributed by atoms with E-state index in [2.05, 4.69) is 0 Å². The lowest BCUT2D eigenvalue weighted by molar-refractivity contribution is -0.134. The minimum atomic E-state index is -0.309. The Morgan fingerprint density at radius 3 is 2.72 bits per heavy atom. The Kier molecular flexibility index (Phi) is 3.72. The molecule has 0 radical (unpaired) electrons. The molecule has 0 atom stereocenters. The van der Waals surface area contributed by atoms with Crippen molar-refractivity contribution in [3.05, 3.63) is 42.0 Å². The molecule has 0 aliphatic carbocycles. The van der Waals surface area contributed by atoms with Gasteiger partial charge in [0.1, 0.15) is 5.75 Å². The molecule has 3 nitrogen and oxygen atoms in total. The molecule has 0 aromatic heterocycles. The maximum atomic E-state index is 11.5. The van der Waals surface area contributed by atoms with E-state index >= 15 is 0 Å². The van der Waals surface area contributed by atoms with Gasteiger partial charge in [-0.15, -0.1) is 0 Å². The topological polar surface area (TPSA) is 43.4 Å². The Balaban J connectivity index is 2.45. The second-order valence-electron chi connectivity index (χ2n) is 4.04. The highest BCUT2D eigenvalue weighted by molar-refractivity contribution is 6.01. The zero-order chi connectivity index (χ0) is 13.0. The van der Waals surface area contributed by atoms with Crippen LogP contribution in [0.15, 0.2) is 36.4 Å². The van der Waals surface area contributed by atoms with Gasteiger partial charge in [0.05, 0.1) is 5.56 Å². The Morgan fingerprint density at radius 1 is 1.22 bits per heavy atom. The van der Waals surface area contributed by atoms with Crippen molar-refractivity contribution in [3.8, 4) is 5.75 Å². The number of fused-ring (bicyclic) bond motifs is 1. The Morgan fingerprint density at radius 2 is 2.00 bits per heavy atom. The van der Waals surface area contributed by atoms with E-state index in [0.717, 1.165) is 23.5 Å². The van der Waals surface area contributed by atoms with E-state index in [1.165, 1.54) is 0 Å². The van der Waals surface area contributed by atoms with Crippen LogP contribution in [0.1, 0.15) is 30.1 Å². The average molecular weight is 242 g/mol. The minimum absolute atomic E-state index is 0.309. The summed E-state index contributed by atoms with van der Waals surface area (Å²) >= 11 is 0. The van der Waals surface area contributed by atoms with Crippen molar-refractivity contribution in [2.75, 3.05) is 0 Å². The molecule has 0 spiro atoms. The normalized spacial score (nSPS) is 10.3. The van der Waals surface area contributed by atoms with Gasteiger partial charge in [-0.25, -0.2) is 0 Å². The van der Waals surface area contributed by atoms with Gasteiger partial charge in [0.2, 0.25) is 0 Å². The monoisotopic (exact) mass is 242 g/mol. The summed E-state index contributed by atoms with van der Waals surface area (Å²) in [5.74, 6) is 0.0260. The molecule has 0 heterocycles. The van der Waals surface area contributed by atoms with Gasteiger partial charge in [-0.3, -0.25) is 9.59 Å². The number of esters is 1. The molecule has 0 saturated carbocycles. The summed E-state index contributed by atoms with van der Waals surface area (Å²) in [5, 5.41) is 1.75. The van der Waals surface area contributed by atoms with Crippen molar-refractivity contribution in [1.29, 1.82) is 0 Å². The third-order valence-electron chi connectivity index (χ3n) is 2.73. The number of ether oxygens (including phenoxy) is 1. The van der Waals surface area contributed by atoms with E-state index in [-0.39, 0.29) is 5.97 Å². The molecule has 0 N–H and O–H groups in total. The maximum absolute atomic E-state index is 11.5. The van der Waals surface area contributed by atoms with Crippen LogP contribution in [0.5, 0.6) is 5.75 Å². The van der Waals surface area contributed by atoms with Crippen LogP contribution >= 0.6 is 0 Å². The summed E-state index contributed by atoms with van der Waals surface area (Å²) < 4.78 is 5.21. The second-order valence-corrected chi connectivity index (χ2v) is 4.04. The minimum Gasteiger partial charge on any atom is -0.426 e. The maximum Gasteiger partial charge on any atom is 0.311 e. The van der Waals surface area contributed by atoms with Gasteiger partial charge in [0.15, 0.2) is 6.29 Å². The van der Waals surface area contributed by atoms with Crippen LogP contribution in [0.2, 0.25) is 0 Å². The summed E-state index contributed by atoms with van der Waals surface area (Å²) in [6.07, 6.45) is 1.81. The first-order valence-corrected chi connectivity index (χ1v) is 5.94. The number of aldehydes is 1. The Hall–Kier alpha value is -2.16. The van der Waals surface area contributed by atoms with Gasteiger partial charge >= 0.3 is 5.97 Å². The lowest BCUT2D eigenvalue weighted by Crippen LogP contribution is -2.08. The number of rotatable bonds is 4. The van der Waals surface area contributed by atoms with Gasteiger partial charge < -0.3 is 4.74 Å². The van der Waals surface area contributed by atoms with Crippen molar-refractivity contribution < 1.29 is 14.3 Å². The van der Waals surface area contributed by atoms with Crippen molar-refractivity contribution in [2.24, 2.45) is 0 Å². The average Bonchev–Trinajstić information content (AvgIpc) is 2.38. The molecule has 2 aromatic carbocycles. The van der Waals surface area contributed by atoms with Gasteiger partial charge in [0, 0.05) is 6.42 Å². The number of carbonyl (C=O) groups excluding carboxylic acids is 2. The molecule has 0 aliphatic rings. The van der Waals surface area contributed by atoms with Gasteiger partial charge in [0.25, 0.3) is 0 Å². The molecule has 18 heavy (non-hydrogen) atoms. The van der Waals surface area contributed by atoms with Crippen LogP contribution in [0.3, 0.4) is 0 Å². The van der Waals surface area contributed by atoms with Crippen LogP contribution in [0.25, 0.3) is 10.8 Å². The van der Waals surface area contributed by atoms with Crippen molar-refractivity contribution in [2.45, 2.75) is 19.8 Å². The van der Waals surface area contributed by atoms with Crippen LogP contribution in [0, 0.1) is 0 Å². The number of carbonyl (C=O) groups is 2. The summed E-state index contributed by atoms with van der Waals surface area (Å²) in [4.78, 5) is 22.7. The fourth-order valence-corrected chi connectivity index (χ4v) is 1.86. The van der Waals surface area contributed by atoms with Crippen LogP contribution in [-0.2, 0) is 4.79 Å². The van der Waals surface area contributed by atoms with E-state index in [1.54, 1.807) is 6.07 Å². The molecule has 0 fully saturated rings. The molecular formula is C15H14O3. The largest absolute Gasteiger partial charge is 0.426 e. The molecule has 0 bridgehead atoms. The molecule has 0 aliphatic heterocycles. The molecular weight excluding hydrogens is 228 g/mol. The van der Waals surface area contributed by atoms with Crippen molar-refractivity contribution in [3.63, 3.8) is 0 Å². The summed E-state index contributed by atoms with van der Waals surface area (Å²) in [7, 11) is 0. The zero-order valence-electron chi connectivity index (χ0n) is 10.2. The fraction of sp³-hybridized carbons (Fsp3) is 0.200. The van der Waals surface area contributed by atoms with Crippen LogP contribution in [0.4, 0.5) is 0 Å². The zero-order valence-corrected chi connectivity index (χ0v) is 10.2. The molecule has 2 aromatic rings. The summed E-state index contributed by atoms with van der Waals surface area (Å²) in [6.45, 7) is 1.91. The third kappa shape index (κ3) is 2.40. The molecule has 2 rings (SSSR count). The summed E-state index contributed by atoms with van der Waals surface area (Å²) in [5.41, 5.74) is 0.428. The lowest BCUT2D eigenvalue weighted by atomic mass is 10.0. The number of hydrogen-bond acceptors (Lipinski definition) is 3. The quantitative estimate of drug-likeness (QED) is 0.469. The summed E-state index contributed by atoms with van der Waals surface area (Å²) in [6, 6.07) is 11.0. The highest BCUT2D eigenvalue weighted by atomic mass is 16.5. The highest BCUT2D eigenvalue weighted by Gasteiger charge is 2.11. The van der Waals surface area contributed by atoms with Crippen molar-refractivity contribution >= 4 is 23.0 Å². The molecule has 92 valence electrons. The van der Waals surface area contributed by atoms with Crippen molar-refractivity contribution in [1.82, 2.24) is 0 Å². The SMILES string of the molecule is CCCC(=O)Oc1ccc2ccccc2c1C=O. The molecule has 0 amide bonds. The van der Waals surface area contributed by atoms with E-state index in [9.17, 15) is 9.59 Å². The predicted octanol–water partition coefficient (Wildman–Crippen LogP) is 3.36. The van der Waals surface area contributed by atoms with E-state index < -0.39 is 0 Å². The smallest absolute Gasteiger partial charge is 0.311 e. The van der Waals surface area contributed by atoms with Crippen LogP contribution < -0.4 is 4.74 Å². The van der Waals surface area contributed by atoms with E-state index in [4.69, 9.17) is 4.74 Å². The van der Waals surface area contributed by atoms with Gasteiger partial charge in [-0.2, -0.15) is 0 Å². The number of hydrogen-bond donors (Lipinski definition) is 0. The van der Waals surface area contributed by atoms with Crippen LogP contribution in [-0.4, -0.2) is 12.3 Å². The first kappa shape index (κ1) is 12.3. The third-order valence-corrected chi connectivity index (χ3v) is 2.73. The standard InChI is InChI=1S/C15H14O3/c1-2-5-15(17)18-14-9-8-11-6-3-4-7-12(11)13(14)10-16/h3-4,6-10H,2,5H2,1H3. The molecule has 0 unspecified atom stereocenters.